The molecule has 1 unspecified atom stereocenters. The molecule has 3 N–H and O–H groups in total. The van der Waals surface area contributed by atoms with E-state index in [0.717, 1.165) is 0 Å². The Hall–Kier alpha value is -2.65. The molecule has 100 valence electrons. The second kappa shape index (κ2) is 5.99. The third-order valence-corrected chi connectivity index (χ3v) is 2.81. The van der Waals surface area contributed by atoms with Crippen molar-refractivity contribution in [2.24, 2.45) is 5.73 Å². The van der Waals surface area contributed by atoms with Gasteiger partial charge >= 0.3 is 0 Å². The van der Waals surface area contributed by atoms with Crippen LogP contribution >= 0.6 is 11.6 Å². The van der Waals surface area contributed by atoms with Gasteiger partial charge in [-0.25, -0.2) is 9.97 Å². The van der Waals surface area contributed by atoms with Gasteiger partial charge < -0.3 is 11.1 Å². The lowest BCUT2D eigenvalue weighted by Gasteiger charge is -2.16. The maximum atomic E-state index is 11.5. The minimum absolute atomic E-state index is 0.0209. The Morgan fingerprint density at radius 2 is 2.10 bits per heavy atom. The van der Waals surface area contributed by atoms with E-state index in [1.165, 1.54) is 6.20 Å². The number of carbonyl (C=O) groups excluding carboxylic acids is 1. The third-order valence-electron chi connectivity index (χ3n) is 2.55. The fourth-order valence-electron chi connectivity index (χ4n) is 1.62. The molecule has 1 aromatic heterocycles. The van der Waals surface area contributed by atoms with Crippen LogP contribution in [0.1, 0.15) is 17.3 Å². The van der Waals surface area contributed by atoms with Gasteiger partial charge in [-0.1, -0.05) is 41.9 Å². The predicted octanol–water partition coefficient (Wildman–Crippen LogP) is 1.64. The van der Waals surface area contributed by atoms with Gasteiger partial charge in [0, 0.05) is 0 Å². The zero-order valence-electron chi connectivity index (χ0n) is 10.2. The first-order valence-electron chi connectivity index (χ1n) is 5.65. The van der Waals surface area contributed by atoms with Gasteiger partial charge in [0.15, 0.2) is 10.8 Å². The molecule has 0 bridgehead atoms. The number of nitrogens with zero attached hydrogens (tertiary/aromatic N) is 3. The maximum Gasteiger partial charge on any atom is 0.244 e. The van der Waals surface area contributed by atoms with Crippen LogP contribution in [0, 0.1) is 11.3 Å². The van der Waals surface area contributed by atoms with Gasteiger partial charge in [0.25, 0.3) is 0 Å². The Balaban J connectivity index is 2.28. The number of anilines is 1. The van der Waals surface area contributed by atoms with Crippen molar-refractivity contribution in [2.45, 2.75) is 6.04 Å². The Kier molecular flexibility index (Phi) is 4.13. The summed E-state index contributed by atoms with van der Waals surface area (Å²) in [7, 11) is 0. The van der Waals surface area contributed by atoms with E-state index >= 15 is 0 Å². The van der Waals surface area contributed by atoms with E-state index in [4.69, 9.17) is 22.6 Å². The van der Waals surface area contributed by atoms with Gasteiger partial charge in [0.1, 0.15) is 17.9 Å². The van der Waals surface area contributed by atoms with Crippen LogP contribution in [-0.4, -0.2) is 15.9 Å². The minimum Gasteiger partial charge on any atom is -0.368 e. The van der Waals surface area contributed by atoms with E-state index in [0.29, 0.717) is 5.56 Å². The third kappa shape index (κ3) is 3.02. The molecule has 0 spiro atoms. The molecule has 2 aromatic rings. The molecule has 0 aliphatic carbocycles. The summed E-state index contributed by atoms with van der Waals surface area (Å²) in [5.74, 6) is -0.292. The highest BCUT2D eigenvalue weighted by Gasteiger charge is 2.18. The van der Waals surface area contributed by atoms with Crippen LogP contribution in [0.5, 0.6) is 0 Å². The molecule has 20 heavy (non-hydrogen) atoms. The molecule has 2 rings (SSSR count). The summed E-state index contributed by atoms with van der Waals surface area (Å²) >= 11 is 5.79. The van der Waals surface area contributed by atoms with E-state index in [9.17, 15) is 4.79 Å². The molecule has 6 nitrogen and oxygen atoms in total. The summed E-state index contributed by atoms with van der Waals surface area (Å²) in [6.07, 6.45) is 1.32. The Morgan fingerprint density at radius 1 is 1.40 bits per heavy atom. The monoisotopic (exact) mass is 287 g/mol. The van der Waals surface area contributed by atoms with Crippen LogP contribution in [0.15, 0.2) is 36.5 Å². The van der Waals surface area contributed by atoms with Crippen molar-refractivity contribution in [1.82, 2.24) is 9.97 Å². The van der Waals surface area contributed by atoms with E-state index in [1.807, 2.05) is 6.07 Å². The number of aromatic nitrogens is 2. The first-order chi connectivity index (χ1) is 9.61. The van der Waals surface area contributed by atoms with Crippen molar-refractivity contribution in [3.05, 3.63) is 52.9 Å². The molecule has 0 radical (unpaired) electrons. The van der Waals surface area contributed by atoms with Crippen LogP contribution in [0.25, 0.3) is 0 Å². The molecular weight excluding hydrogens is 278 g/mol. The van der Waals surface area contributed by atoms with Crippen molar-refractivity contribution in [3.8, 4) is 6.07 Å². The lowest BCUT2D eigenvalue weighted by molar-refractivity contribution is -0.118. The number of halogens is 1. The lowest BCUT2D eigenvalue weighted by Crippen LogP contribution is -2.28. The number of amides is 1. The van der Waals surface area contributed by atoms with E-state index in [2.05, 4.69) is 15.3 Å². The molecule has 0 aliphatic rings. The quantitative estimate of drug-likeness (QED) is 0.889. The van der Waals surface area contributed by atoms with Crippen LogP contribution in [-0.2, 0) is 4.79 Å². The molecule has 0 fully saturated rings. The van der Waals surface area contributed by atoms with Gasteiger partial charge in [0.2, 0.25) is 5.91 Å². The topological polar surface area (TPSA) is 105 Å². The Labute approximate surface area is 120 Å². The van der Waals surface area contributed by atoms with E-state index < -0.39 is 11.9 Å². The highest BCUT2D eigenvalue weighted by Crippen LogP contribution is 2.19. The lowest BCUT2D eigenvalue weighted by atomic mass is 10.1. The number of hydrogen-bond acceptors (Lipinski definition) is 5. The maximum absolute atomic E-state index is 11.5. The van der Waals surface area contributed by atoms with Crippen LogP contribution in [0.2, 0.25) is 5.15 Å². The van der Waals surface area contributed by atoms with Crippen molar-refractivity contribution in [3.63, 3.8) is 0 Å². The molecule has 1 heterocycles. The second-order valence-electron chi connectivity index (χ2n) is 3.90. The smallest absolute Gasteiger partial charge is 0.244 e. The number of nitrogens with two attached hydrogens (primary N) is 1. The first kappa shape index (κ1) is 13.8. The van der Waals surface area contributed by atoms with Crippen LogP contribution in [0.3, 0.4) is 0 Å². The standard InChI is InChI=1S/C13H10ClN5O/c14-12-9(6-15)17-7-10(19-12)18-11(13(16)20)8-4-2-1-3-5-8/h1-5,7,11H,(H2,16,20)(H,18,19). The molecule has 0 saturated carbocycles. The summed E-state index contributed by atoms with van der Waals surface area (Å²) in [6, 6.07) is 10.0. The SMILES string of the molecule is N#Cc1ncc(NC(C(N)=O)c2ccccc2)nc1Cl. The molecule has 0 aliphatic heterocycles. The Bertz CT molecular complexity index is 668. The summed E-state index contributed by atoms with van der Waals surface area (Å²) in [5.41, 5.74) is 6.09. The number of benzene rings is 1. The second-order valence-corrected chi connectivity index (χ2v) is 4.25. The summed E-state index contributed by atoms with van der Waals surface area (Å²) in [4.78, 5) is 19.3. The Morgan fingerprint density at radius 3 is 2.65 bits per heavy atom. The average molecular weight is 288 g/mol. The fourth-order valence-corrected chi connectivity index (χ4v) is 1.81. The average Bonchev–Trinajstić information content (AvgIpc) is 2.45. The summed E-state index contributed by atoms with van der Waals surface area (Å²) < 4.78 is 0. The normalized spacial score (nSPS) is 11.4. The van der Waals surface area contributed by atoms with Crippen LogP contribution < -0.4 is 11.1 Å². The van der Waals surface area contributed by atoms with E-state index in [-0.39, 0.29) is 16.7 Å². The fraction of sp³-hybridized carbons (Fsp3) is 0.0769. The number of rotatable bonds is 4. The predicted molar refractivity (Wildman–Crippen MR) is 73.8 cm³/mol. The minimum atomic E-state index is -0.755. The highest BCUT2D eigenvalue weighted by atomic mass is 35.5. The molecule has 1 atom stereocenters. The number of nitriles is 1. The largest absolute Gasteiger partial charge is 0.368 e. The van der Waals surface area contributed by atoms with Crippen molar-refractivity contribution in [1.29, 1.82) is 5.26 Å². The van der Waals surface area contributed by atoms with Gasteiger partial charge in [-0.15, -0.1) is 0 Å². The molecule has 0 saturated heterocycles. The van der Waals surface area contributed by atoms with Gasteiger partial charge in [-0.05, 0) is 5.56 Å². The summed E-state index contributed by atoms with van der Waals surface area (Å²) in [6.45, 7) is 0. The number of nitrogens with one attached hydrogen (secondary N) is 1. The molecule has 1 amide bonds. The summed E-state index contributed by atoms with van der Waals surface area (Å²) in [5, 5.41) is 11.5. The molecular formula is C13H10ClN5O. The van der Waals surface area contributed by atoms with Gasteiger partial charge in [-0.3, -0.25) is 4.79 Å². The number of carbonyl (C=O) groups is 1. The van der Waals surface area contributed by atoms with E-state index in [1.54, 1.807) is 30.3 Å². The van der Waals surface area contributed by atoms with Gasteiger partial charge in [-0.2, -0.15) is 5.26 Å². The van der Waals surface area contributed by atoms with Gasteiger partial charge in [0.05, 0.1) is 6.20 Å². The zero-order chi connectivity index (χ0) is 14.5. The molecule has 1 aromatic carbocycles. The van der Waals surface area contributed by atoms with Crippen molar-refractivity contribution >= 4 is 23.3 Å². The highest BCUT2D eigenvalue weighted by molar-refractivity contribution is 6.30. The zero-order valence-corrected chi connectivity index (χ0v) is 11.0. The molecule has 7 heteroatoms. The number of primary amides is 1. The first-order valence-corrected chi connectivity index (χ1v) is 6.03. The van der Waals surface area contributed by atoms with Crippen molar-refractivity contribution in [2.75, 3.05) is 5.32 Å². The number of hydrogen-bond donors (Lipinski definition) is 2. The van der Waals surface area contributed by atoms with Crippen molar-refractivity contribution < 1.29 is 4.79 Å². The van der Waals surface area contributed by atoms with Crippen LogP contribution in [0.4, 0.5) is 5.82 Å².